The number of hydrogen-bond acceptors (Lipinski definition) is 4. The minimum Gasteiger partial charge on any atom is -0.297 e. The zero-order chi connectivity index (χ0) is 12.8. The van der Waals surface area contributed by atoms with Crippen LogP contribution in [0.3, 0.4) is 0 Å². The summed E-state index contributed by atoms with van der Waals surface area (Å²) < 4.78 is 25.6. The number of hydrogen-bond donors (Lipinski definition) is 0. The molecule has 0 N–H and O–H groups in total. The van der Waals surface area contributed by atoms with Crippen LogP contribution >= 0.6 is 0 Å². The molecule has 0 saturated heterocycles. The third-order valence-corrected chi connectivity index (χ3v) is 4.86. The fourth-order valence-electron chi connectivity index (χ4n) is 1.91. The third-order valence-electron chi connectivity index (χ3n) is 3.12. The molecule has 1 fully saturated rings. The fourth-order valence-corrected chi connectivity index (χ4v) is 3.27. The van der Waals surface area contributed by atoms with E-state index in [1.807, 2.05) is 0 Å². The standard InChI is InChI=1S/C12H12N2O3S/c15-11(9-5-6-9)7-14-8-13-10-3-1-2-4-12(10)18(14,16)17/h1-4,8-9H,5-7H2. The van der Waals surface area contributed by atoms with E-state index in [-0.39, 0.29) is 23.1 Å². The monoisotopic (exact) mass is 264 g/mol. The van der Waals surface area contributed by atoms with Crippen LogP contribution in [0.1, 0.15) is 12.8 Å². The van der Waals surface area contributed by atoms with Gasteiger partial charge < -0.3 is 0 Å². The van der Waals surface area contributed by atoms with Crippen LogP contribution in [0.5, 0.6) is 0 Å². The number of para-hydroxylation sites is 1. The zero-order valence-corrected chi connectivity index (χ0v) is 10.4. The smallest absolute Gasteiger partial charge is 0.267 e. The summed E-state index contributed by atoms with van der Waals surface area (Å²) in [5.74, 6) is 0.0233. The maximum atomic E-state index is 12.3. The maximum Gasteiger partial charge on any atom is 0.267 e. The highest BCUT2D eigenvalue weighted by Gasteiger charge is 2.35. The van der Waals surface area contributed by atoms with Crippen molar-refractivity contribution in [2.75, 3.05) is 6.54 Å². The van der Waals surface area contributed by atoms with Gasteiger partial charge >= 0.3 is 0 Å². The van der Waals surface area contributed by atoms with Crippen LogP contribution in [0.4, 0.5) is 5.69 Å². The molecule has 1 saturated carbocycles. The van der Waals surface area contributed by atoms with Gasteiger partial charge in [-0.25, -0.2) is 17.7 Å². The lowest BCUT2D eigenvalue weighted by molar-refractivity contribution is -0.119. The highest BCUT2D eigenvalue weighted by molar-refractivity contribution is 7.89. The van der Waals surface area contributed by atoms with Crippen molar-refractivity contribution in [3.8, 4) is 0 Å². The van der Waals surface area contributed by atoms with Crippen molar-refractivity contribution in [1.82, 2.24) is 4.31 Å². The van der Waals surface area contributed by atoms with Gasteiger partial charge in [0.15, 0.2) is 5.78 Å². The summed E-state index contributed by atoms with van der Waals surface area (Å²) in [6.45, 7) is -0.106. The highest BCUT2D eigenvalue weighted by Crippen LogP contribution is 2.33. The van der Waals surface area contributed by atoms with Crippen molar-refractivity contribution >= 4 is 27.8 Å². The number of ketones is 1. The van der Waals surface area contributed by atoms with Crippen LogP contribution in [-0.2, 0) is 14.8 Å². The van der Waals surface area contributed by atoms with Gasteiger partial charge in [0.05, 0.1) is 12.2 Å². The van der Waals surface area contributed by atoms with Crippen molar-refractivity contribution in [3.63, 3.8) is 0 Å². The average molecular weight is 264 g/mol. The molecule has 0 radical (unpaired) electrons. The number of aliphatic imine (C=N–C) groups is 1. The average Bonchev–Trinajstić information content (AvgIpc) is 3.17. The second kappa shape index (κ2) is 3.91. The van der Waals surface area contributed by atoms with E-state index in [1.165, 1.54) is 12.4 Å². The van der Waals surface area contributed by atoms with E-state index < -0.39 is 10.0 Å². The maximum absolute atomic E-state index is 12.3. The number of fused-ring (bicyclic) bond motifs is 1. The van der Waals surface area contributed by atoms with E-state index in [2.05, 4.69) is 4.99 Å². The summed E-state index contributed by atoms with van der Waals surface area (Å²) in [6.07, 6.45) is 2.98. The Balaban J connectivity index is 1.93. The second-order valence-corrected chi connectivity index (χ2v) is 6.36. The first kappa shape index (κ1) is 11.4. The van der Waals surface area contributed by atoms with Crippen molar-refractivity contribution < 1.29 is 13.2 Å². The molecule has 2 aliphatic rings. The van der Waals surface area contributed by atoms with E-state index in [0.29, 0.717) is 5.69 Å². The molecule has 1 aromatic rings. The van der Waals surface area contributed by atoms with Crippen molar-refractivity contribution in [1.29, 1.82) is 0 Å². The summed E-state index contributed by atoms with van der Waals surface area (Å²) in [5.41, 5.74) is 0.424. The van der Waals surface area contributed by atoms with Crippen LogP contribution in [0, 0.1) is 5.92 Å². The van der Waals surface area contributed by atoms with Gasteiger partial charge in [-0.2, -0.15) is 0 Å². The summed E-state index contributed by atoms with van der Waals surface area (Å²) in [6, 6.07) is 6.54. The number of sulfonamides is 1. The molecule has 0 aromatic heterocycles. The molecule has 5 nitrogen and oxygen atoms in total. The Hall–Kier alpha value is -1.69. The quantitative estimate of drug-likeness (QED) is 0.827. The second-order valence-electron chi connectivity index (χ2n) is 4.50. The van der Waals surface area contributed by atoms with Gasteiger partial charge in [-0.05, 0) is 25.0 Å². The summed E-state index contributed by atoms with van der Waals surface area (Å²) in [5, 5.41) is 0. The van der Waals surface area contributed by atoms with Crippen molar-refractivity contribution in [2.45, 2.75) is 17.7 Å². The van der Waals surface area contributed by atoms with Gasteiger partial charge in [-0.1, -0.05) is 12.1 Å². The first-order valence-electron chi connectivity index (χ1n) is 5.77. The molecular weight excluding hydrogens is 252 g/mol. The molecule has 1 aliphatic heterocycles. The van der Waals surface area contributed by atoms with E-state index >= 15 is 0 Å². The summed E-state index contributed by atoms with van der Waals surface area (Å²) >= 11 is 0. The molecule has 0 bridgehead atoms. The Kier molecular flexibility index (Phi) is 2.48. The van der Waals surface area contributed by atoms with Gasteiger partial charge in [0, 0.05) is 5.92 Å². The summed E-state index contributed by atoms with van der Waals surface area (Å²) in [4.78, 5) is 15.9. The molecule has 3 rings (SSSR count). The Morgan fingerprint density at radius 3 is 2.78 bits per heavy atom. The molecule has 1 aromatic carbocycles. The third kappa shape index (κ3) is 1.82. The summed E-state index contributed by atoms with van der Waals surface area (Å²) in [7, 11) is -3.62. The highest BCUT2D eigenvalue weighted by atomic mass is 32.2. The van der Waals surface area contributed by atoms with Crippen LogP contribution in [0.15, 0.2) is 34.2 Å². The van der Waals surface area contributed by atoms with Gasteiger partial charge in [0.25, 0.3) is 10.0 Å². The first-order valence-corrected chi connectivity index (χ1v) is 7.21. The largest absolute Gasteiger partial charge is 0.297 e. The van der Waals surface area contributed by atoms with Crippen molar-refractivity contribution in [3.05, 3.63) is 24.3 Å². The van der Waals surface area contributed by atoms with Gasteiger partial charge in [0.2, 0.25) is 0 Å². The van der Waals surface area contributed by atoms with Crippen molar-refractivity contribution in [2.24, 2.45) is 10.9 Å². The number of benzene rings is 1. The lowest BCUT2D eigenvalue weighted by Crippen LogP contribution is -2.36. The lowest BCUT2D eigenvalue weighted by atomic mass is 10.3. The van der Waals surface area contributed by atoms with E-state index in [9.17, 15) is 13.2 Å². The molecule has 0 spiro atoms. The molecule has 94 valence electrons. The Morgan fingerprint density at radius 2 is 2.06 bits per heavy atom. The molecule has 0 unspecified atom stereocenters. The Labute approximate surface area is 105 Å². The van der Waals surface area contributed by atoms with Gasteiger partial charge in [-0.3, -0.25) is 4.79 Å². The fraction of sp³-hybridized carbons (Fsp3) is 0.333. The van der Waals surface area contributed by atoms with Crippen LogP contribution in [0.25, 0.3) is 0 Å². The predicted molar refractivity (Wildman–Crippen MR) is 66.2 cm³/mol. The number of Topliss-reactive ketones (excluding diaryl/α,β-unsaturated/α-hetero) is 1. The number of carbonyl (C=O) groups excluding carboxylic acids is 1. The lowest BCUT2D eigenvalue weighted by Gasteiger charge is -2.23. The Bertz CT molecular complexity index is 632. The van der Waals surface area contributed by atoms with E-state index in [1.54, 1.807) is 18.2 Å². The minimum absolute atomic E-state index is 0.0237. The number of rotatable bonds is 3. The topological polar surface area (TPSA) is 66.8 Å². The molecule has 0 amide bonds. The first-order chi connectivity index (χ1) is 8.59. The van der Waals surface area contributed by atoms with E-state index in [4.69, 9.17) is 0 Å². The molecule has 1 aliphatic carbocycles. The SMILES string of the molecule is O=C(CN1C=Nc2ccccc2S1(=O)=O)C1CC1. The predicted octanol–water partition coefficient (Wildman–Crippen LogP) is 1.33. The molecule has 1 heterocycles. The normalized spacial score (nSPS) is 20.6. The number of nitrogens with zero attached hydrogens (tertiary/aromatic N) is 2. The Morgan fingerprint density at radius 1 is 1.33 bits per heavy atom. The van der Waals surface area contributed by atoms with Gasteiger partial charge in [0.1, 0.15) is 11.2 Å². The van der Waals surface area contributed by atoms with Crippen LogP contribution < -0.4 is 0 Å². The minimum atomic E-state index is -3.62. The zero-order valence-electron chi connectivity index (χ0n) is 9.61. The van der Waals surface area contributed by atoms with Crippen LogP contribution in [0.2, 0.25) is 0 Å². The molecular formula is C12H12N2O3S. The van der Waals surface area contributed by atoms with Gasteiger partial charge in [-0.15, -0.1) is 0 Å². The van der Waals surface area contributed by atoms with Crippen LogP contribution in [-0.4, -0.2) is 31.4 Å². The molecule has 18 heavy (non-hydrogen) atoms. The molecule has 6 heteroatoms. The van der Waals surface area contributed by atoms with E-state index in [0.717, 1.165) is 17.1 Å². The number of carbonyl (C=O) groups is 1. The molecule has 0 atom stereocenters.